The molecule has 2 aliphatic rings. The highest BCUT2D eigenvalue weighted by Crippen LogP contribution is 2.22. The van der Waals surface area contributed by atoms with E-state index in [1.807, 2.05) is 0 Å². The number of allylic oxidation sites excluding steroid dienone is 4. The molecule has 0 amide bonds. The van der Waals surface area contributed by atoms with Crippen LogP contribution >= 0.6 is 0 Å². The Hall–Kier alpha value is -2.46. The van der Waals surface area contributed by atoms with E-state index in [0.29, 0.717) is 6.04 Å². The van der Waals surface area contributed by atoms with Crippen LogP contribution in [0.25, 0.3) is 5.70 Å². The van der Waals surface area contributed by atoms with E-state index in [-0.39, 0.29) is 0 Å². The van der Waals surface area contributed by atoms with Gasteiger partial charge in [0, 0.05) is 44.3 Å². The highest BCUT2D eigenvalue weighted by molar-refractivity contribution is 5.64. The number of nitrogens with one attached hydrogen (secondary N) is 2. The van der Waals surface area contributed by atoms with Gasteiger partial charge in [0.15, 0.2) is 0 Å². The summed E-state index contributed by atoms with van der Waals surface area (Å²) in [7, 11) is 2.09. The molecule has 1 aromatic rings. The molecule has 4 heteroatoms. The molecule has 1 atom stereocenters. The zero-order valence-corrected chi connectivity index (χ0v) is 16.8. The van der Waals surface area contributed by atoms with Crippen molar-refractivity contribution in [2.24, 2.45) is 0 Å². The molecular weight excluding hydrogens is 332 g/mol. The Balaban J connectivity index is 1.65. The van der Waals surface area contributed by atoms with Crippen molar-refractivity contribution in [3.63, 3.8) is 0 Å². The second-order valence-corrected chi connectivity index (χ2v) is 7.13. The average molecular weight is 365 g/mol. The van der Waals surface area contributed by atoms with Crippen LogP contribution in [0.4, 0.5) is 0 Å². The number of hydrogen-bond donors (Lipinski definition) is 2. The molecule has 1 saturated heterocycles. The maximum Gasteiger partial charge on any atom is 0.112 e. The second-order valence-electron chi connectivity index (χ2n) is 7.13. The zero-order chi connectivity index (χ0) is 19.1. The maximum absolute atomic E-state index is 3.67. The Bertz CT molecular complexity index is 721. The van der Waals surface area contributed by atoms with Crippen molar-refractivity contribution in [2.45, 2.75) is 39.3 Å². The number of rotatable bonds is 7. The van der Waals surface area contributed by atoms with Crippen LogP contribution in [-0.2, 0) is 6.54 Å². The molecule has 27 heavy (non-hydrogen) atoms. The first-order valence-electron chi connectivity index (χ1n) is 9.98. The first kappa shape index (κ1) is 19.3. The van der Waals surface area contributed by atoms with Gasteiger partial charge in [-0.25, -0.2) is 0 Å². The Morgan fingerprint density at radius 3 is 2.74 bits per heavy atom. The Morgan fingerprint density at radius 1 is 1.26 bits per heavy atom. The van der Waals surface area contributed by atoms with Crippen molar-refractivity contribution in [3.05, 3.63) is 77.9 Å². The SMILES string of the molecule is C/C=C(/NC1CCNC1)c1ccc(CN2C=CN(C)/C2=C\C=C\CC)cc1. The fourth-order valence-electron chi connectivity index (χ4n) is 3.49. The van der Waals surface area contributed by atoms with Crippen molar-refractivity contribution in [2.75, 3.05) is 20.1 Å². The largest absolute Gasteiger partial charge is 0.381 e. The fraction of sp³-hybridized carbons (Fsp3) is 0.391. The lowest BCUT2D eigenvalue weighted by Crippen LogP contribution is -2.29. The molecule has 2 heterocycles. The first-order valence-corrected chi connectivity index (χ1v) is 9.98. The number of nitrogens with zero attached hydrogens (tertiary/aromatic N) is 2. The molecule has 2 N–H and O–H groups in total. The third-order valence-corrected chi connectivity index (χ3v) is 5.07. The summed E-state index contributed by atoms with van der Waals surface area (Å²) in [6, 6.07) is 9.46. The summed E-state index contributed by atoms with van der Waals surface area (Å²) in [4.78, 5) is 4.44. The van der Waals surface area contributed by atoms with Crippen LogP contribution in [0.3, 0.4) is 0 Å². The maximum atomic E-state index is 3.67. The van der Waals surface area contributed by atoms with Crippen LogP contribution in [0.15, 0.2) is 66.8 Å². The van der Waals surface area contributed by atoms with E-state index in [1.165, 1.54) is 29.1 Å². The van der Waals surface area contributed by atoms with E-state index >= 15 is 0 Å². The average Bonchev–Trinajstić information content (AvgIpc) is 3.32. The van der Waals surface area contributed by atoms with Crippen molar-refractivity contribution in [1.82, 2.24) is 20.4 Å². The highest BCUT2D eigenvalue weighted by Gasteiger charge is 2.17. The van der Waals surface area contributed by atoms with Gasteiger partial charge in [-0.3, -0.25) is 0 Å². The van der Waals surface area contributed by atoms with Crippen LogP contribution in [0.2, 0.25) is 0 Å². The first-order chi connectivity index (χ1) is 13.2. The van der Waals surface area contributed by atoms with Crippen molar-refractivity contribution < 1.29 is 0 Å². The van der Waals surface area contributed by atoms with Gasteiger partial charge in [0.2, 0.25) is 0 Å². The van der Waals surface area contributed by atoms with Gasteiger partial charge in [-0.2, -0.15) is 0 Å². The highest BCUT2D eigenvalue weighted by atomic mass is 15.3. The van der Waals surface area contributed by atoms with Gasteiger partial charge in [0.1, 0.15) is 5.82 Å². The quantitative estimate of drug-likeness (QED) is 0.765. The molecule has 1 unspecified atom stereocenters. The summed E-state index contributed by atoms with van der Waals surface area (Å²) in [6.07, 6.45) is 15.2. The molecule has 0 aromatic heterocycles. The van der Waals surface area contributed by atoms with Crippen LogP contribution in [0.1, 0.15) is 37.8 Å². The van der Waals surface area contributed by atoms with Crippen molar-refractivity contribution in [3.8, 4) is 0 Å². The predicted molar refractivity (Wildman–Crippen MR) is 114 cm³/mol. The van der Waals surface area contributed by atoms with Gasteiger partial charge in [-0.05, 0) is 43.5 Å². The Morgan fingerprint density at radius 2 is 2.07 bits per heavy atom. The molecule has 144 valence electrons. The molecule has 3 rings (SSSR count). The lowest BCUT2D eigenvalue weighted by molar-refractivity contribution is 0.387. The van der Waals surface area contributed by atoms with E-state index in [0.717, 1.165) is 26.1 Å². The van der Waals surface area contributed by atoms with Crippen LogP contribution < -0.4 is 10.6 Å². The molecule has 0 bridgehead atoms. The monoisotopic (exact) mass is 364 g/mol. The van der Waals surface area contributed by atoms with Crippen LogP contribution in [0.5, 0.6) is 0 Å². The van der Waals surface area contributed by atoms with Crippen molar-refractivity contribution >= 4 is 5.70 Å². The van der Waals surface area contributed by atoms with Gasteiger partial charge in [-0.15, -0.1) is 0 Å². The van der Waals surface area contributed by atoms with Crippen LogP contribution in [0, 0.1) is 0 Å². The summed E-state index contributed by atoms with van der Waals surface area (Å²) < 4.78 is 0. The zero-order valence-electron chi connectivity index (χ0n) is 16.8. The van der Waals surface area contributed by atoms with Gasteiger partial charge in [-0.1, -0.05) is 49.4 Å². The molecular formula is C23H32N4. The molecule has 0 radical (unpaired) electrons. The minimum atomic E-state index is 0.532. The standard InChI is InChI=1S/C23H32N4/c1-4-6-7-8-23-26(3)15-16-27(23)18-19-9-11-20(12-10-19)22(5-2)25-21-13-14-24-17-21/h5-12,15-16,21,24-25H,4,13-14,17-18H2,1-3H3/b7-6+,22-5+,23-8+. The molecule has 4 nitrogen and oxygen atoms in total. The van der Waals surface area contributed by atoms with Crippen molar-refractivity contribution in [1.29, 1.82) is 0 Å². The molecule has 0 saturated carbocycles. The van der Waals surface area contributed by atoms with Gasteiger partial charge in [0.05, 0.1) is 0 Å². The second kappa shape index (κ2) is 9.47. The Labute approximate surface area is 163 Å². The van der Waals surface area contributed by atoms with Gasteiger partial charge < -0.3 is 20.4 Å². The van der Waals surface area contributed by atoms with Gasteiger partial charge in [0.25, 0.3) is 0 Å². The lowest BCUT2D eigenvalue weighted by atomic mass is 10.1. The van der Waals surface area contributed by atoms with Gasteiger partial charge >= 0.3 is 0 Å². The molecule has 1 fully saturated rings. The smallest absolute Gasteiger partial charge is 0.112 e. The summed E-state index contributed by atoms with van der Waals surface area (Å²) in [5, 5.41) is 7.08. The predicted octanol–water partition coefficient (Wildman–Crippen LogP) is 4.03. The number of hydrogen-bond acceptors (Lipinski definition) is 4. The summed E-state index contributed by atoms with van der Waals surface area (Å²) in [5.41, 5.74) is 3.78. The summed E-state index contributed by atoms with van der Waals surface area (Å²) in [6.45, 7) is 7.28. The van der Waals surface area contributed by atoms with E-state index < -0.39 is 0 Å². The van der Waals surface area contributed by atoms with E-state index in [4.69, 9.17) is 0 Å². The summed E-state index contributed by atoms with van der Waals surface area (Å²) >= 11 is 0. The minimum Gasteiger partial charge on any atom is -0.381 e. The molecule has 2 aliphatic heterocycles. The van der Waals surface area contributed by atoms with E-state index in [2.05, 4.69) is 102 Å². The summed E-state index contributed by atoms with van der Waals surface area (Å²) in [5.74, 6) is 1.20. The molecule has 1 aromatic carbocycles. The minimum absolute atomic E-state index is 0.532. The fourth-order valence-corrected chi connectivity index (χ4v) is 3.49. The number of benzene rings is 1. The third-order valence-electron chi connectivity index (χ3n) is 5.07. The Kier molecular flexibility index (Phi) is 6.77. The molecule has 0 spiro atoms. The van der Waals surface area contributed by atoms with E-state index in [1.54, 1.807) is 0 Å². The van der Waals surface area contributed by atoms with Crippen LogP contribution in [-0.4, -0.2) is 36.0 Å². The third kappa shape index (κ3) is 5.04. The normalized spacial score (nSPS) is 21.8. The topological polar surface area (TPSA) is 30.5 Å². The lowest BCUT2D eigenvalue weighted by Gasteiger charge is -2.22. The van der Waals surface area contributed by atoms with E-state index in [9.17, 15) is 0 Å². The molecule has 0 aliphatic carbocycles.